The Kier molecular flexibility index (Phi) is 3.37. The van der Waals surface area contributed by atoms with E-state index in [2.05, 4.69) is 33.5 Å². The first-order valence-corrected chi connectivity index (χ1v) is 7.48. The van der Waals surface area contributed by atoms with Crippen LogP contribution >= 0.6 is 0 Å². The fourth-order valence-electron chi connectivity index (χ4n) is 3.51. The minimum atomic E-state index is 0.510. The van der Waals surface area contributed by atoms with Crippen molar-refractivity contribution >= 4 is 0 Å². The molecule has 0 amide bonds. The van der Waals surface area contributed by atoms with Crippen LogP contribution in [0.2, 0.25) is 0 Å². The summed E-state index contributed by atoms with van der Waals surface area (Å²) in [5, 5.41) is 9.01. The number of hydrogen-bond donors (Lipinski definition) is 0. The molecule has 0 radical (unpaired) electrons. The Hall–Kier alpha value is -0.900. The zero-order chi connectivity index (χ0) is 12.5. The highest BCUT2D eigenvalue weighted by Crippen LogP contribution is 2.33. The Balaban J connectivity index is 1.91. The predicted molar refractivity (Wildman–Crippen MR) is 71.5 cm³/mol. The van der Waals surface area contributed by atoms with E-state index in [0.29, 0.717) is 12.0 Å². The first-order valence-electron chi connectivity index (χ1n) is 7.48. The Morgan fingerprint density at radius 2 is 1.89 bits per heavy atom. The summed E-state index contributed by atoms with van der Waals surface area (Å²) in [6, 6.07) is 0.510. The van der Waals surface area contributed by atoms with Crippen LogP contribution in [-0.4, -0.2) is 32.8 Å². The van der Waals surface area contributed by atoms with Gasteiger partial charge in [0.05, 0.1) is 6.04 Å². The fourth-order valence-corrected chi connectivity index (χ4v) is 3.51. The molecule has 0 saturated carbocycles. The van der Waals surface area contributed by atoms with E-state index in [1.807, 2.05) is 0 Å². The van der Waals surface area contributed by atoms with Gasteiger partial charge in [0, 0.05) is 12.5 Å². The fraction of sp³-hybridized carbons (Fsp3) is 0.857. The molecular weight excluding hydrogens is 224 g/mol. The number of rotatable bonds is 2. The summed E-state index contributed by atoms with van der Waals surface area (Å²) in [6.45, 7) is 8.01. The van der Waals surface area contributed by atoms with E-state index in [4.69, 9.17) is 0 Å². The van der Waals surface area contributed by atoms with Crippen molar-refractivity contribution in [3.8, 4) is 0 Å². The van der Waals surface area contributed by atoms with Crippen molar-refractivity contribution in [2.24, 2.45) is 0 Å². The van der Waals surface area contributed by atoms with Crippen LogP contribution in [0.4, 0.5) is 0 Å². The van der Waals surface area contributed by atoms with Crippen LogP contribution in [-0.2, 0) is 6.54 Å². The topological polar surface area (TPSA) is 34.0 Å². The summed E-state index contributed by atoms with van der Waals surface area (Å²) >= 11 is 0. The lowest BCUT2D eigenvalue weighted by molar-refractivity contribution is 0.145. The Labute approximate surface area is 109 Å². The summed E-state index contributed by atoms with van der Waals surface area (Å²) in [5.74, 6) is 3.04. The molecule has 1 aromatic heterocycles. The summed E-state index contributed by atoms with van der Waals surface area (Å²) in [5.41, 5.74) is 0. The average Bonchev–Trinajstić information content (AvgIpc) is 2.84. The van der Waals surface area contributed by atoms with Crippen molar-refractivity contribution in [1.29, 1.82) is 0 Å². The number of hydrogen-bond acceptors (Lipinski definition) is 3. The zero-order valence-corrected chi connectivity index (χ0v) is 11.6. The van der Waals surface area contributed by atoms with Gasteiger partial charge >= 0.3 is 0 Å². The molecule has 18 heavy (non-hydrogen) atoms. The van der Waals surface area contributed by atoms with Gasteiger partial charge in [-0.25, -0.2) is 0 Å². The summed E-state index contributed by atoms with van der Waals surface area (Å²) in [7, 11) is 0. The van der Waals surface area contributed by atoms with Crippen LogP contribution in [0.15, 0.2) is 0 Å². The highest BCUT2D eigenvalue weighted by molar-refractivity contribution is 5.08. The van der Waals surface area contributed by atoms with Gasteiger partial charge in [-0.15, -0.1) is 10.2 Å². The molecule has 100 valence electrons. The Morgan fingerprint density at radius 3 is 2.72 bits per heavy atom. The lowest BCUT2D eigenvalue weighted by atomic mass is 9.99. The molecule has 2 aliphatic rings. The van der Waals surface area contributed by atoms with Crippen LogP contribution in [0.3, 0.4) is 0 Å². The van der Waals surface area contributed by atoms with Crippen molar-refractivity contribution in [2.75, 3.05) is 13.1 Å². The van der Waals surface area contributed by atoms with Crippen molar-refractivity contribution in [3.63, 3.8) is 0 Å². The molecule has 0 N–H and O–H groups in total. The van der Waals surface area contributed by atoms with E-state index in [-0.39, 0.29) is 0 Å². The second-order valence-electron chi connectivity index (χ2n) is 5.75. The lowest BCUT2D eigenvalue weighted by Crippen LogP contribution is -2.35. The molecule has 1 saturated heterocycles. The van der Waals surface area contributed by atoms with Gasteiger partial charge < -0.3 is 4.57 Å². The molecule has 4 nitrogen and oxygen atoms in total. The van der Waals surface area contributed by atoms with E-state index >= 15 is 0 Å². The highest BCUT2D eigenvalue weighted by atomic mass is 15.3. The predicted octanol–water partition coefficient (Wildman–Crippen LogP) is 2.72. The molecule has 1 aromatic rings. The number of fused-ring (bicyclic) bond motifs is 1. The summed E-state index contributed by atoms with van der Waals surface area (Å²) in [6.07, 6.45) is 6.46. The number of likely N-dealkylation sites (tertiary alicyclic amines) is 1. The van der Waals surface area contributed by atoms with Gasteiger partial charge in [-0.1, -0.05) is 20.3 Å². The average molecular weight is 248 g/mol. The molecular formula is C14H24N4. The molecule has 2 atom stereocenters. The van der Waals surface area contributed by atoms with Gasteiger partial charge in [0.25, 0.3) is 0 Å². The monoisotopic (exact) mass is 248 g/mol. The van der Waals surface area contributed by atoms with Crippen LogP contribution in [0.25, 0.3) is 0 Å². The number of piperidine rings is 1. The van der Waals surface area contributed by atoms with Crippen LogP contribution in [0, 0.1) is 0 Å². The van der Waals surface area contributed by atoms with Gasteiger partial charge in [0.2, 0.25) is 0 Å². The Bertz CT molecular complexity index is 412. The number of aromatic nitrogens is 3. The molecule has 0 bridgehead atoms. The third-order valence-electron chi connectivity index (χ3n) is 4.59. The largest absolute Gasteiger partial charge is 0.313 e. The quantitative estimate of drug-likeness (QED) is 0.807. The van der Waals surface area contributed by atoms with Crippen molar-refractivity contribution < 1.29 is 0 Å². The van der Waals surface area contributed by atoms with E-state index < -0.39 is 0 Å². The SMILES string of the molecule is CCN1CCCCC1c1nnc2n1CCCC2C. The molecule has 3 heterocycles. The minimum Gasteiger partial charge on any atom is -0.313 e. The zero-order valence-electron chi connectivity index (χ0n) is 11.6. The first-order chi connectivity index (χ1) is 8.81. The minimum absolute atomic E-state index is 0.510. The van der Waals surface area contributed by atoms with Gasteiger partial charge in [-0.2, -0.15) is 0 Å². The van der Waals surface area contributed by atoms with Crippen LogP contribution in [0.1, 0.15) is 69.6 Å². The van der Waals surface area contributed by atoms with Gasteiger partial charge in [-0.3, -0.25) is 4.90 Å². The second kappa shape index (κ2) is 5.00. The molecule has 0 spiro atoms. The lowest BCUT2D eigenvalue weighted by Gasteiger charge is -2.35. The van der Waals surface area contributed by atoms with E-state index in [0.717, 1.165) is 13.1 Å². The molecule has 4 heteroatoms. The summed E-state index contributed by atoms with van der Waals surface area (Å²) < 4.78 is 2.41. The molecule has 0 aromatic carbocycles. The summed E-state index contributed by atoms with van der Waals surface area (Å²) in [4.78, 5) is 2.57. The van der Waals surface area contributed by atoms with E-state index in [9.17, 15) is 0 Å². The third kappa shape index (κ3) is 1.96. The van der Waals surface area contributed by atoms with Gasteiger partial charge in [0.1, 0.15) is 11.6 Å². The first kappa shape index (κ1) is 12.2. The molecule has 0 aliphatic carbocycles. The van der Waals surface area contributed by atoms with Gasteiger partial charge in [0.15, 0.2) is 0 Å². The molecule has 3 rings (SSSR count). The normalized spacial score (nSPS) is 29.2. The maximum absolute atomic E-state index is 4.54. The maximum atomic E-state index is 4.54. The maximum Gasteiger partial charge on any atom is 0.150 e. The molecule has 1 fully saturated rings. The van der Waals surface area contributed by atoms with Gasteiger partial charge in [-0.05, 0) is 38.8 Å². The van der Waals surface area contributed by atoms with Crippen LogP contribution < -0.4 is 0 Å². The standard InChI is InChI=1S/C14H24N4/c1-3-17-9-5-4-8-12(17)14-16-15-13-11(2)7-6-10-18(13)14/h11-12H,3-10H2,1-2H3. The third-order valence-corrected chi connectivity index (χ3v) is 4.59. The van der Waals surface area contributed by atoms with E-state index in [1.54, 1.807) is 0 Å². The van der Waals surface area contributed by atoms with Crippen molar-refractivity contribution in [3.05, 3.63) is 11.6 Å². The smallest absolute Gasteiger partial charge is 0.150 e. The Morgan fingerprint density at radius 1 is 1.06 bits per heavy atom. The van der Waals surface area contributed by atoms with Crippen LogP contribution in [0.5, 0.6) is 0 Å². The van der Waals surface area contributed by atoms with Crippen molar-refractivity contribution in [1.82, 2.24) is 19.7 Å². The second-order valence-corrected chi connectivity index (χ2v) is 5.75. The van der Waals surface area contributed by atoms with E-state index in [1.165, 1.54) is 50.3 Å². The molecule has 2 unspecified atom stereocenters. The molecule has 2 aliphatic heterocycles. The van der Waals surface area contributed by atoms with Crippen molar-refractivity contribution in [2.45, 2.75) is 64.5 Å². The number of nitrogens with zero attached hydrogens (tertiary/aromatic N) is 4. The highest BCUT2D eigenvalue weighted by Gasteiger charge is 2.30.